The van der Waals surface area contributed by atoms with Crippen LogP contribution in [-0.4, -0.2) is 52.3 Å². The Labute approximate surface area is 290 Å². The van der Waals surface area contributed by atoms with Gasteiger partial charge in [-0.1, -0.05) is 139 Å². The molecule has 0 aliphatic rings. The van der Waals surface area contributed by atoms with E-state index < -0.39 is 38.6 Å². The number of carbonyl (C=O) groups is 2. The van der Waals surface area contributed by atoms with Crippen molar-refractivity contribution in [1.29, 1.82) is 0 Å². The molecule has 48 heavy (non-hydrogen) atoms. The third-order valence-electron chi connectivity index (χ3n) is 7.37. The number of hydrogen-bond donors (Lipinski definition) is 3. The molecule has 0 radical (unpaired) electrons. The van der Waals surface area contributed by atoms with E-state index in [-0.39, 0.29) is 19.4 Å². The summed E-state index contributed by atoms with van der Waals surface area (Å²) in [5.41, 5.74) is 0. The molecule has 9 nitrogen and oxygen atoms in total. The Balaban J connectivity index is 4.22. The van der Waals surface area contributed by atoms with Gasteiger partial charge in [-0.2, -0.15) is 0 Å². The predicted octanol–water partition coefficient (Wildman–Crippen LogP) is 9.17. The minimum atomic E-state index is -4.78. The van der Waals surface area contributed by atoms with E-state index in [4.69, 9.17) is 19.3 Å². The Morgan fingerprint density at radius 2 is 1.35 bits per heavy atom. The van der Waals surface area contributed by atoms with Gasteiger partial charge >= 0.3 is 19.8 Å². The average molecular weight is 695 g/mol. The fraction of sp³-hybridized carbons (Fsp3) is 0.632. The first-order valence-electron chi connectivity index (χ1n) is 17.7. The van der Waals surface area contributed by atoms with Crippen LogP contribution in [0.3, 0.4) is 0 Å². The van der Waals surface area contributed by atoms with E-state index in [1.807, 2.05) is 48.6 Å². The van der Waals surface area contributed by atoms with Crippen LogP contribution in [0.15, 0.2) is 72.9 Å². The van der Waals surface area contributed by atoms with E-state index in [1.165, 1.54) is 25.7 Å². The molecule has 3 N–H and O–H groups in total. The summed E-state index contributed by atoms with van der Waals surface area (Å²) in [5, 5.41) is 9.80. The van der Waals surface area contributed by atoms with E-state index in [0.717, 1.165) is 50.9 Å². The molecule has 0 aliphatic carbocycles. The van der Waals surface area contributed by atoms with E-state index in [0.29, 0.717) is 19.3 Å². The highest BCUT2D eigenvalue weighted by Crippen LogP contribution is 2.35. The maximum absolute atomic E-state index is 12.3. The highest BCUT2D eigenvalue weighted by molar-refractivity contribution is 7.46. The summed E-state index contributed by atoms with van der Waals surface area (Å²) in [6.45, 7) is 5.65. The number of aliphatic hydroxyl groups excluding tert-OH is 1. The number of phosphoric acid groups is 1. The SMILES string of the molecule is CC/C=C\CC(O)/C=C/C=C/C/C=C\C/C=C\C/C=C\CCC(=O)O[C@H](COC(=O)CCCCCCCCC(C)CC)COP(=O)(O)O. The molecular weight excluding hydrogens is 631 g/mol. The molecule has 3 atom stereocenters. The van der Waals surface area contributed by atoms with Crippen molar-refractivity contribution in [2.75, 3.05) is 13.2 Å². The van der Waals surface area contributed by atoms with Crippen molar-refractivity contribution in [2.45, 2.75) is 136 Å². The van der Waals surface area contributed by atoms with Gasteiger partial charge in [-0.05, 0) is 50.9 Å². The van der Waals surface area contributed by atoms with Gasteiger partial charge in [0.2, 0.25) is 0 Å². The van der Waals surface area contributed by atoms with Gasteiger partial charge < -0.3 is 24.4 Å². The zero-order valence-corrected chi connectivity index (χ0v) is 30.5. The number of rotatable bonds is 30. The summed E-state index contributed by atoms with van der Waals surface area (Å²) in [4.78, 5) is 42.5. The maximum Gasteiger partial charge on any atom is 0.469 e. The fourth-order valence-corrected chi connectivity index (χ4v) is 4.70. The lowest BCUT2D eigenvalue weighted by Crippen LogP contribution is -2.29. The van der Waals surface area contributed by atoms with Crippen molar-refractivity contribution in [2.24, 2.45) is 5.92 Å². The van der Waals surface area contributed by atoms with Crippen LogP contribution in [-0.2, 0) is 28.2 Å². The van der Waals surface area contributed by atoms with Gasteiger partial charge in [-0.3, -0.25) is 14.1 Å². The van der Waals surface area contributed by atoms with Gasteiger partial charge in [0.1, 0.15) is 6.61 Å². The van der Waals surface area contributed by atoms with Crippen molar-refractivity contribution < 1.29 is 43.0 Å². The molecule has 0 aromatic heterocycles. The number of allylic oxidation sites excluding steroid dienone is 10. The Morgan fingerprint density at radius 3 is 2.00 bits per heavy atom. The first kappa shape index (κ1) is 45.5. The minimum absolute atomic E-state index is 0.0677. The van der Waals surface area contributed by atoms with Gasteiger partial charge in [-0.15, -0.1) is 0 Å². The second-order valence-corrected chi connectivity index (χ2v) is 13.1. The molecule has 0 amide bonds. The molecule has 274 valence electrons. The Morgan fingerprint density at radius 1 is 0.729 bits per heavy atom. The monoisotopic (exact) mass is 694 g/mol. The Kier molecular flexibility index (Phi) is 30.0. The van der Waals surface area contributed by atoms with Crippen LogP contribution < -0.4 is 0 Å². The first-order chi connectivity index (χ1) is 23.1. The molecular formula is C38H63O9P. The normalized spacial score (nSPS) is 14.7. The third-order valence-corrected chi connectivity index (χ3v) is 7.86. The van der Waals surface area contributed by atoms with Crippen LogP contribution in [0.1, 0.15) is 124 Å². The fourth-order valence-electron chi connectivity index (χ4n) is 4.34. The lowest BCUT2D eigenvalue weighted by atomic mass is 10.00. The van der Waals surface area contributed by atoms with Gasteiger partial charge in [0.05, 0.1) is 12.7 Å². The number of carbonyl (C=O) groups excluding carboxylic acids is 2. The molecule has 0 aliphatic heterocycles. The number of ether oxygens (including phenoxy) is 2. The quantitative estimate of drug-likeness (QED) is 0.0221. The topological polar surface area (TPSA) is 140 Å². The summed E-state index contributed by atoms with van der Waals surface area (Å²) in [6.07, 6.45) is 35.6. The number of phosphoric ester groups is 1. The number of hydrogen-bond acceptors (Lipinski definition) is 7. The van der Waals surface area contributed by atoms with Gasteiger partial charge in [-0.25, -0.2) is 4.57 Å². The smallest absolute Gasteiger partial charge is 0.462 e. The van der Waals surface area contributed by atoms with Crippen LogP contribution in [0.25, 0.3) is 0 Å². The van der Waals surface area contributed by atoms with Crippen molar-refractivity contribution >= 4 is 19.8 Å². The molecule has 0 aromatic rings. The lowest BCUT2D eigenvalue weighted by molar-refractivity contribution is -0.161. The summed E-state index contributed by atoms with van der Waals surface area (Å²) >= 11 is 0. The van der Waals surface area contributed by atoms with Gasteiger partial charge in [0, 0.05) is 12.8 Å². The second kappa shape index (κ2) is 31.7. The average Bonchev–Trinajstić information content (AvgIpc) is 3.04. The Hall–Kier alpha value is -2.55. The van der Waals surface area contributed by atoms with Crippen LogP contribution in [0.2, 0.25) is 0 Å². The van der Waals surface area contributed by atoms with Crippen molar-refractivity contribution in [1.82, 2.24) is 0 Å². The van der Waals surface area contributed by atoms with Gasteiger partial charge in [0.25, 0.3) is 0 Å². The van der Waals surface area contributed by atoms with Crippen molar-refractivity contribution in [3.8, 4) is 0 Å². The van der Waals surface area contributed by atoms with Gasteiger partial charge in [0.15, 0.2) is 6.10 Å². The van der Waals surface area contributed by atoms with Crippen LogP contribution >= 0.6 is 7.82 Å². The third kappa shape index (κ3) is 33.4. The molecule has 0 saturated carbocycles. The molecule has 0 heterocycles. The van der Waals surface area contributed by atoms with Crippen molar-refractivity contribution in [3.05, 3.63) is 72.9 Å². The molecule has 0 saturated heterocycles. The van der Waals surface area contributed by atoms with Crippen LogP contribution in [0, 0.1) is 5.92 Å². The number of esters is 2. The van der Waals surface area contributed by atoms with E-state index in [1.54, 1.807) is 6.08 Å². The summed E-state index contributed by atoms with van der Waals surface area (Å²) in [6, 6.07) is 0. The van der Waals surface area contributed by atoms with Crippen LogP contribution in [0.4, 0.5) is 0 Å². The van der Waals surface area contributed by atoms with Crippen molar-refractivity contribution in [3.63, 3.8) is 0 Å². The molecule has 0 bridgehead atoms. The zero-order chi connectivity index (χ0) is 35.7. The van der Waals surface area contributed by atoms with E-state index in [9.17, 15) is 19.3 Å². The number of unbranched alkanes of at least 4 members (excludes halogenated alkanes) is 5. The molecule has 10 heteroatoms. The lowest BCUT2D eigenvalue weighted by Gasteiger charge is -2.18. The number of aliphatic hydroxyl groups is 1. The maximum atomic E-state index is 12.3. The Bertz CT molecular complexity index is 1040. The molecule has 0 fully saturated rings. The zero-order valence-electron chi connectivity index (χ0n) is 29.6. The molecule has 0 rings (SSSR count). The largest absolute Gasteiger partial charge is 0.469 e. The molecule has 0 spiro atoms. The summed E-state index contributed by atoms with van der Waals surface area (Å²) < 4.78 is 26.1. The highest BCUT2D eigenvalue weighted by atomic mass is 31.2. The first-order valence-corrected chi connectivity index (χ1v) is 19.3. The van der Waals surface area contributed by atoms with E-state index >= 15 is 0 Å². The standard InChI is InChI=1S/C38H63O9P/c1-4-6-22-28-35(39)29-24-19-14-12-10-8-7-9-11-13-15-21-26-31-38(41)47-36(33-46-48(42,43)44)32-45-37(40)30-25-20-17-16-18-23-27-34(3)5-2/h6,8-11,14-15,19,21-22,24,29,34-36,39H,4-5,7,12-13,16-18,20,23,25-28,30-33H2,1-3H3,(H2,42,43,44)/b10-8-,11-9-,19-14+,21-15-,22-6-,29-24+/t34?,35?,36-/m1/s1. The minimum Gasteiger partial charge on any atom is -0.462 e. The van der Waals surface area contributed by atoms with E-state index in [2.05, 4.69) is 43.5 Å². The molecule has 2 unspecified atom stereocenters. The summed E-state index contributed by atoms with van der Waals surface area (Å²) in [5.74, 6) is -0.241. The molecule has 0 aromatic carbocycles. The predicted molar refractivity (Wildman–Crippen MR) is 194 cm³/mol. The highest BCUT2D eigenvalue weighted by Gasteiger charge is 2.22. The van der Waals surface area contributed by atoms with Crippen LogP contribution in [0.5, 0.6) is 0 Å². The summed E-state index contributed by atoms with van der Waals surface area (Å²) in [7, 11) is -4.78. The second-order valence-electron chi connectivity index (χ2n) is 11.9.